The lowest BCUT2D eigenvalue weighted by atomic mass is 9.82. The number of carbonyl (C=O) groups is 1. The van der Waals surface area contributed by atoms with E-state index in [4.69, 9.17) is 0 Å². The molecule has 1 aliphatic carbocycles. The van der Waals surface area contributed by atoms with E-state index in [0.717, 1.165) is 38.6 Å². The summed E-state index contributed by atoms with van der Waals surface area (Å²) >= 11 is 0. The fraction of sp³-hybridized carbons (Fsp3) is 0.895. The third-order valence-corrected chi connectivity index (χ3v) is 5.36. The molecule has 1 saturated carbocycles. The molecule has 1 amide bonds. The number of aliphatic hydroxyl groups is 1. The van der Waals surface area contributed by atoms with Crippen molar-refractivity contribution in [2.24, 2.45) is 10.9 Å². The Morgan fingerprint density at radius 1 is 1.24 bits per heavy atom. The minimum absolute atomic E-state index is 0.0634. The summed E-state index contributed by atoms with van der Waals surface area (Å²) in [7, 11) is 0. The largest absolute Gasteiger partial charge is 0.465 e. The van der Waals surface area contributed by atoms with Crippen molar-refractivity contribution in [3.8, 4) is 0 Å². The Morgan fingerprint density at radius 3 is 2.52 bits per heavy atom. The van der Waals surface area contributed by atoms with Crippen molar-refractivity contribution in [1.82, 2.24) is 10.2 Å². The molecule has 0 aromatic carbocycles. The van der Waals surface area contributed by atoms with Gasteiger partial charge in [0, 0.05) is 6.54 Å². The third-order valence-electron chi connectivity index (χ3n) is 5.36. The van der Waals surface area contributed by atoms with E-state index in [-0.39, 0.29) is 11.6 Å². The fourth-order valence-electron chi connectivity index (χ4n) is 4.06. The predicted octanol–water partition coefficient (Wildman–Crippen LogP) is 3.25. The van der Waals surface area contributed by atoms with Gasteiger partial charge in [-0.05, 0) is 46.0 Å². The van der Waals surface area contributed by atoms with Crippen LogP contribution in [0, 0.1) is 5.92 Å². The molecule has 1 saturated heterocycles. The summed E-state index contributed by atoms with van der Waals surface area (Å²) in [6, 6.07) is -0.472. The molecule has 1 aliphatic heterocycles. The molecule has 1 heterocycles. The first kappa shape index (κ1) is 20.0. The number of aliphatic imine (C=N–C) groups is 1. The summed E-state index contributed by atoms with van der Waals surface area (Å²) in [5.41, 5.74) is -0.154. The number of nitrogens with zero attached hydrogens (tertiary/aromatic N) is 2. The van der Waals surface area contributed by atoms with Gasteiger partial charge in [-0.15, -0.1) is 0 Å². The molecule has 6 heteroatoms. The van der Waals surface area contributed by atoms with Gasteiger partial charge in [0.05, 0.1) is 30.1 Å². The number of likely N-dealkylation sites (tertiary alicyclic amines) is 1. The van der Waals surface area contributed by atoms with Crippen LogP contribution in [0.15, 0.2) is 4.99 Å². The number of carboxylic acid groups (broad SMARTS) is 1. The van der Waals surface area contributed by atoms with E-state index in [1.807, 2.05) is 27.1 Å². The van der Waals surface area contributed by atoms with Gasteiger partial charge in [-0.1, -0.05) is 32.1 Å². The smallest absolute Gasteiger partial charge is 0.404 e. The van der Waals surface area contributed by atoms with Crippen LogP contribution in [0.3, 0.4) is 0 Å². The maximum absolute atomic E-state index is 11.2. The number of hydrogen-bond donors (Lipinski definition) is 3. The third kappa shape index (κ3) is 6.49. The van der Waals surface area contributed by atoms with Crippen LogP contribution >= 0.6 is 0 Å². The second-order valence-corrected chi connectivity index (χ2v) is 8.65. The summed E-state index contributed by atoms with van der Waals surface area (Å²) < 4.78 is 0. The van der Waals surface area contributed by atoms with Gasteiger partial charge in [0.2, 0.25) is 0 Å². The molecule has 0 spiro atoms. The van der Waals surface area contributed by atoms with Crippen LogP contribution in [0.25, 0.3) is 0 Å². The average Bonchev–Trinajstić information content (AvgIpc) is 3.00. The molecular formula is C19H35N3O3. The zero-order valence-corrected chi connectivity index (χ0v) is 15.9. The van der Waals surface area contributed by atoms with E-state index >= 15 is 0 Å². The van der Waals surface area contributed by atoms with Gasteiger partial charge >= 0.3 is 6.09 Å². The summed E-state index contributed by atoms with van der Waals surface area (Å²) in [6.07, 6.45) is 8.70. The van der Waals surface area contributed by atoms with Gasteiger partial charge in [-0.3, -0.25) is 4.99 Å². The van der Waals surface area contributed by atoms with E-state index in [2.05, 4.69) is 15.2 Å². The molecule has 3 atom stereocenters. The highest BCUT2D eigenvalue weighted by molar-refractivity contribution is 5.65. The minimum atomic E-state index is -1.05. The number of aliphatic hydroxyl groups excluding tert-OH is 1. The Bertz CT molecular complexity index is 455. The van der Waals surface area contributed by atoms with Crippen molar-refractivity contribution >= 4 is 12.4 Å². The van der Waals surface area contributed by atoms with Gasteiger partial charge < -0.3 is 20.4 Å². The summed E-state index contributed by atoms with van der Waals surface area (Å²) in [5, 5.41) is 22.8. The van der Waals surface area contributed by atoms with Crippen LogP contribution in [0.2, 0.25) is 0 Å². The van der Waals surface area contributed by atoms with E-state index in [0.29, 0.717) is 5.92 Å². The first-order valence-corrected chi connectivity index (χ1v) is 9.75. The number of hydrogen-bond acceptors (Lipinski definition) is 3. The molecular weight excluding hydrogens is 318 g/mol. The maximum atomic E-state index is 11.2. The van der Waals surface area contributed by atoms with Crippen molar-refractivity contribution in [3.05, 3.63) is 0 Å². The fourth-order valence-corrected chi connectivity index (χ4v) is 4.06. The van der Waals surface area contributed by atoms with Gasteiger partial charge in [0.25, 0.3) is 0 Å². The molecule has 6 nitrogen and oxygen atoms in total. The topological polar surface area (TPSA) is 85.2 Å². The van der Waals surface area contributed by atoms with Gasteiger partial charge in [0.15, 0.2) is 0 Å². The highest BCUT2D eigenvalue weighted by atomic mass is 16.4. The van der Waals surface area contributed by atoms with Gasteiger partial charge in [-0.25, -0.2) is 4.79 Å². The summed E-state index contributed by atoms with van der Waals surface area (Å²) in [4.78, 5) is 17.9. The van der Waals surface area contributed by atoms with Crippen LogP contribution in [0.4, 0.5) is 4.79 Å². The quantitative estimate of drug-likeness (QED) is 0.505. The van der Waals surface area contributed by atoms with Crippen LogP contribution in [-0.4, -0.2) is 57.8 Å². The number of rotatable bonds is 6. The Morgan fingerprint density at radius 2 is 1.92 bits per heavy atom. The van der Waals surface area contributed by atoms with Crippen molar-refractivity contribution in [2.75, 3.05) is 6.54 Å². The van der Waals surface area contributed by atoms with Gasteiger partial charge in [0.1, 0.15) is 0 Å². The van der Waals surface area contributed by atoms with E-state index in [9.17, 15) is 15.0 Å². The highest BCUT2D eigenvalue weighted by Crippen LogP contribution is 2.30. The van der Waals surface area contributed by atoms with Crippen LogP contribution in [0.1, 0.15) is 72.1 Å². The lowest BCUT2D eigenvalue weighted by Gasteiger charge is -2.35. The number of nitrogens with one attached hydrogen (secondary N) is 1. The molecule has 3 unspecified atom stereocenters. The van der Waals surface area contributed by atoms with Crippen molar-refractivity contribution in [3.63, 3.8) is 0 Å². The van der Waals surface area contributed by atoms with Crippen LogP contribution < -0.4 is 5.32 Å². The SMILES string of the molecule is CC(C)(C)N=CN1CCCC1C(O)C(CC1CCCCC1)NC(=O)O. The molecule has 3 N–H and O–H groups in total. The molecule has 0 bridgehead atoms. The van der Waals surface area contributed by atoms with Gasteiger partial charge in [-0.2, -0.15) is 0 Å². The zero-order chi connectivity index (χ0) is 18.4. The highest BCUT2D eigenvalue weighted by Gasteiger charge is 2.36. The normalized spacial score (nSPS) is 25.3. The Hall–Kier alpha value is -1.30. The van der Waals surface area contributed by atoms with Crippen LogP contribution in [-0.2, 0) is 0 Å². The van der Waals surface area contributed by atoms with Crippen LogP contribution in [0.5, 0.6) is 0 Å². The molecule has 0 aromatic heterocycles. The second-order valence-electron chi connectivity index (χ2n) is 8.65. The Kier molecular flexibility index (Phi) is 7.11. The number of amides is 1. The molecule has 2 rings (SSSR count). The van der Waals surface area contributed by atoms with Crippen molar-refractivity contribution < 1.29 is 15.0 Å². The zero-order valence-electron chi connectivity index (χ0n) is 15.9. The maximum Gasteiger partial charge on any atom is 0.404 e. The summed E-state index contributed by atoms with van der Waals surface area (Å²) in [5.74, 6) is 0.512. The minimum Gasteiger partial charge on any atom is -0.465 e. The molecule has 0 radical (unpaired) electrons. The lowest BCUT2D eigenvalue weighted by molar-refractivity contribution is 0.0549. The second kappa shape index (κ2) is 8.88. The standard InChI is InChI=1S/C19H35N3O3/c1-19(2,3)20-13-22-11-7-10-16(22)17(23)15(21-18(24)25)12-14-8-5-4-6-9-14/h13-17,21,23H,4-12H2,1-3H3,(H,24,25). The van der Waals surface area contributed by atoms with E-state index in [1.165, 1.54) is 19.3 Å². The first-order valence-electron chi connectivity index (χ1n) is 9.75. The summed E-state index contributed by atoms with van der Waals surface area (Å²) in [6.45, 7) is 7.00. The predicted molar refractivity (Wildman–Crippen MR) is 100 cm³/mol. The molecule has 25 heavy (non-hydrogen) atoms. The molecule has 0 aromatic rings. The Balaban J connectivity index is 2.03. The Labute approximate surface area is 151 Å². The van der Waals surface area contributed by atoms with E-state index in [1.54, 1.807) is 0 Å². The first-order chi connectivity index (χ1) is 11.8. The molecule has 144 valence electrons. The molecule has 2 fully saturated rings. The van der Waals surface area contributed by atoms with Crippen molar-refractivity contribution in [1.29, 1.82) is 0 Å². The lowest BCUT2D eigenvalue weighted by Crippen LogP contribution is -2.52. The van der Waals surface area contributed by atoms with Crippen molar-refractivity contribution in [2.45, 2.75) is 95.9 Å². The monoisotopic (exact) mass is 353 g/mol. The molecule has 2 aliphatic rings. The average molecular weight is 354 g/mol. The van der Waals surface area contributed by atoms with E-state index < -0.39 is 18.2 Å².